The standard InChI is InChI=1S/C22H26ClNO3/c1-5-14(2)22(25)24-10-9-15-12-19(26-3)20(27-4)13-18(15)21(24)16-7-6-8-17(23)11-16/h6-8,11-14,21H,5,9-10H2,1-4H3. The fourth-order valence-corrected chi connectivity index (χ4v) is 3.88. The van der Waals surface area contributed by atoms with Gasteiger partial charge in [-0.05, 0) is 53.8 Å². The lowest BCUT2D eigenvalue weighted by molar-refractivity contribution is -0.137. The summed E-state index contributed by atoms with van der Waals surface area (Å²) in [6.07, 6.45) is 1.60. The van der Waals surface area contributed by atoms with Crippen LogP contribution in [0.5, 0.6) is 11.5 Å². The third-order valence-electron chi connectivity index (χ3n) is 5.36. The van der Waals surface area contributed by atoms with Crippen LogP contribution in [0.15, 0.2) is 36.4 Å². The van der Waals surface area contributed by atoms with Crippen LogP contribution in [0.4, 0.5) is 0 Å². The molecule has 2 aromatic rings. The molecule has 0 fully saturated rings. The molecule has 1 amide bonds. The quantitative estimate of drug-likeness (QED) is 0.734. The largest absolute Gasteiger partial charge is 0.493 e. The first-order valence-corrected chi connectivity index (χ1v) is 9.68. The lowest BCUT2D eigenvalue weighted by atomic mass is 9.86. The molecule has 2 aromatic carbocycles. The molecule has 0 radical (unpaired) electrons. The maximum atomic E-state index is 13.1. The van der Waals surface area contributed by atoms with Gasteiger partial charge in [-0.2, -0.15) is 0 Å². The van der Waals surface area contributed by atoms with Gasteiger partial charge in [0, 0.05) is 17.5 Å². The first-order chi connectivity index (χ1) is 13.0. The summed E-state index contributed by atoms with van der Waals surface area (Å²) in [6.45, 7) is 4.70. The van der Waals surface area contributed by atoms with Gasteiger partial charge in [-0.25, -0.2) is 0 Å². The van der Waals surface area contributed by atoms with Gasteiger partial charge in [0.2, 0.25) is 5.91 Å². The number of hydrogen-bond donors (Lipinski definition) is 0. The van der Waals surface area contributed by atoms with E-state index in [1.165, 1.54) is 5.56 Å². The Bertz CT molecular complexity index is 836. The van der Waals surface area contributed by atoms with Gasteiger partial charge in [0.1, 0.15) is 0 Å². The highest BCUT2D eigenvalue weighted by atomic mass is 35.5. The van der Waals surface area contributed by atoms with Gasteiger partial charge >= 0.3 is 0 Å². The Hall–Kier alpha value is -2.20. The Morgan fingerprint density at radius 2 is 1.93 bits per heavy atom. The number of ether oxygens (including phenoxy) is 2. The summed E-state index contributed by atoms with van der Waals surface area (Å²) in [5.41, 5.74) is 3.25. The van der Waals surface area contributed by atoms with Gasteiger partial charge in [0.25, 0.3) is 0 Å². The second-order valence-electron chi connectivity index (χ2n) is 6.95. The third-order valence-corrected chi connectivity index (χ3v) is 5.59. The van der Waals surface area contributed by atoms with E-state index in [0.29, 0.717) is 23.1 Å². The van der Waals surface area contributed by atoms with Crippen molar-refractivity contribution >= 4 is 17.5 Å². The van der Waals surface area contributed by atoms with Crippen LogP contribution in [0.1, 0.15) is 43.0 Å². The third kappa shape index (κ3) is 3.77. The summed E-state index contributed by atoms with van der Waals surface area (Å²) in [7, 11) is 3.27. The minimum Gasteiger partial charge on any atom is -0.493 e. The van der Waals surface area contributed by atoms with E-state index in [9.17, 15) is 4.79 Å². The van der Waals surface area contributed by atoms with Gasteiger partial charge < -0.3 is 14.4 Å². The number of carbonyl (C=O) groups is 1. The molecule has 2 unspecified atom stereocenters. The topological polar surface area (TPSA) is 38.8 Å². The van der Waals surface area contributed by atoms with Gasteiger partial charge in [-0.1, -0.05) is 37.6 Å². The van der Waals surface area contributed by atoms with Crippen molar-refractivity contribution < 1.29 is 14.3 Å². The van der Waals surface area contributed by atoms with Crippen LogP contribution < -0.4 is 9.47 Å². The lowest BCUT2D eigenvalue weighted by Crippen LogP contribution is -2.43. The normalized spacial score (nSPS) is 17.2. The second-order valence-corrected chi connectivity index (χ2v) is 7.39. The van der Waals surface area contributed by atoms with Crippen LogP contribution in [0, 0.1) is 5.92 Å². The van der Waals surface area contributed by atoms with E-state index >= 15 is 0 Å². The highest BCUT2D eigenvalue weighted by Gasteiger charge is 2.34. The van der Waals surface area contributed by atoms with E-state index in [-0.39, 0.29) is 17.9 Å². The van der Waals surface area contributed by atoms with Crippen molar-refractivity contribution in [2.24, 2.45) is 5.92 Å². The van der Waals surface area contributed by atoms with Crippen LogP contribution in [-0.2, 0) is 11.2 Å². The van der Waals surface area contributed by atoms with Crippen molar-refractivity contribution in [3.05, 3.63) is 58.1 Å². The molecule has 0 bridgehead atoms. The summed E-state index contributed by atoms with van der Waals surface area (Å²) in [5, 5.41) is 0.663. The molecule has 27 heavy (non-hydrogen) atoms. The maximum Gasteiger partial charge on any atom is 0.226 e. The van der Waals surface area contributed by atoms with Crippen LogP contribution in [0.25, 0.3) is 0 Å². The highest BCUT2D eigenvalue weighted by molar-refractivity contribution is 6.30. The zero-order valence-electron chi connectivity index (χ0n) is 16.3. The van der Waals surface area contributed by atoms with Gasteiger partial charge in [-0.3, -0.25) is 4.79 Å². The molecule has 144 valence electrons. The summed E-state index contributed by atoms with van der Waals surface area (Å²) in [6, 6.07) is 11.6. The number of amides is 1. The molecule has 1 heterocycles. The molecule has 1 aliphatic rings. The minimum absolute atomic E-state index is 0.0200. The van der Waals surface area contributed by atoms with E-state index in [1.807, 2.05) is 55.1 Å². The number of halogens is 1. The molecule has 0 aliphatic carbocycles. The van der Waals surface area contributed by atoms with E-state index < -0.39 is 0 Å². The van der Waals surface area contributed by atoms with Crippen LogP contribution in [0.2, 0.25) is 5.02 Å². The molecule has 1 aliphatic heterocycles. The Balaban J connectivity index is 2.16. The number of fused-ring (bicyclic) bond motifs is 1. The molecule has 5 heteroatoms. The SMILES string of the molecule is CCC(C)C(=O)N1CCc2cc(OC)c(OC)cc2C1c1cccc(Cl)c1. The number of nitrogens with zero attached hydrogens (tertiary/aromatic N) is 1. The number of hydrogen-bond acceptors (Lipinski definition) is 3. The van der Waals surface area contributed by atoms with Crippen molar-refractivity contribution in [1.29, 1.82) is 0 Å². The van der Waals surface area contributed by atoms with Crippen molar-refractivity contribution in [2.75, 3.05) is 20.8 Å². The zero-order chi connectivity index (χ0) is 19.6. The summed E-state index contributed by atoms with van der Waals surface area (Å²) in [5.74, 6) is 1.53. The van der Waals surface area contributed by atoms with E-state index in [0.717, 1.165) is 24.0 Å². The predicted molar refractivity (Wildman–Crippen MR) is 108 cm³/mol. The predicted octanol–water partition coefficient (Wildman–Crippen LogP) is 4.88. The number of carbonyl (C=O) groups excluding carboxylic acids is 1. The molecule has 0 spiro atoms. The molecule has 0 saturated heterocycles. The van der Waals surface area contributed by atoms with Crippen LogP contribution in [-0.4, -0.2) is 31.6 Å². The average Bonchev–Trinajstić information content (AvgIpc) is 2.70. The van der Waals surface area contributed by atoms with E-state index in [1.54, 1.807) is 14.2 Å². The molecule has 0 aromatic heterocycles. The first-order valence-electron chi connectivity index (χ1n) is 9.30. The monoisotopic (exact) mass is 387 g/mol. The van der Waals surface area contributed by atoms with Crippen molar-refractivity contribution in [3.8, 4) is 11.5 Å². The summed E-state index contributed by atoms with van der Waals surface area (Å²) in [4.78, 5) is 15.1. The summed E-state index contributed by atoms with van der Waals surface area (Å²) < 4.78 is 11.0. The maximum absolute atomic E-state index is 13.1. The lowest BCUT2D eigenvalue weighted by Gasteiger charge is -2.39. The highest BCUT2D eigenvalue weighted by Crippen LogP contribution is 2.42. The molecular weight excluding hydrogens is 362 g/mol. The van der Waals surface area contributed by atoms with E-state index in [4.69, 9.17) is 21.1 Å². The minimum atomic E-state index is -0.186. The van der Waals surface area contributed by atoms with Crippen molar-refractivity contribution in [3.63, 3.8) is 0 Å². The second kappa shape index (κ2) is 8.22. The fourth-order valence-electron chi connectivity index (χ4n) is 3.68. The van der Waals surface area contributed by atoms with E-state index in [2.05, 4.69) is 0 Å². The molecule has 0 saturated carbocycles. The van der Waals surface area contributed by atoms with Crippen LogP contribution in [0.3, 0.4) is 0 Å². The zero-order valence-corrected chi connectivity index (χ0v) is 17.0. The average molecular weight is 388 g/mol. The van der Waals surface area contributed by atoms with Crippen LogP contribution >= 0.6 is 11.6 Å². The van der Waals surface area contributed by atoms with Gasteiger partial charge in [0.05, 0.1) is 20.3 Å². The van der Waals surface area contributed by atoms with Gasteiger partial charge in [0.15, 0.2) is 11.5 Å². The Labute approximate surface area is 166 Å². The molecular formula is C22H26ClNO3. The van der Waals surface area contributed by atoms with Crippen molar-refractivity contribution in [1.82, 2.24) is 4.90 Å². The fraction of sp³-hybridized carbons (Fsp3) is 0.409. The molecule has 0 N–H and O–H groups in total. The summed E-state index contributed by atoms with van der Waals surface area (Å²) >= 11 is 6.27. The number of benzene rings is 2. The Morgan fingerprint density at radius 3 is 2.56 bits per heavy atom. The Morgan fingerprint density at radius 1 is 1.22 bits per heavy atom. The Kier molecular flexibility index (Phi) is 5.95. The number of rotatable bonds is 5. The molecule has 2 atom stereocenters. The number of methoxy groups -OCH3 is 2. The molecule has 4 nitrogen and oxygen atoms in total. The first kappa shape index (κ1) is 19.6. The van der Waals surface area contributed by atoms with Gasteiger partial charge in [-0.15, -0.1) is 0 Å². The smallest absolute Gasteiger partial charge is 0.226 e. The van der Waals surface area contributed by atoms with Crippen molar-refractivity contribution in [2.45, 2.75) is 32.7 Å². The molecule has 3 rings (SSSR count).